The molecule has 1 aromatic heterocycles. The number of nitrogens with one attached hydrogen (secondary N) is 3. The first-order valence-electron chi connectivity index (χ1n) is 6.73. The van der Waals surface area contributed by atoms with E-state index in [2.05, 4.69) is 20.9 Å². The molecule has 1 amide bonds. The summed E-state index contributed by atoms with van der Waals surface area (Å²) in [7, 11) is 0. The van der Waals surface area contributed by atoms with Crippen LogP contribution in [-0.4, -0.2) is 41.2 Å². The summed E-state index contributed by atoms with van der Waals surface area (Å²) in [6, 6.07) is 0. The fourth-order valence-corrected chi connectivity index (χ4v) is 2.23. The van der Waals surface area contributed by atoms with Crippen LogP contribution in [0.2, 0.25) is 0 Å². The second kappa shape index (κ2) is 8.64. The number of nitrogens with zero attached hydrogens (tertiary/aromatic N) is 1. The third-order valence-corrected chi connectivity index (χ3v) is 3.25. The predicted octanol–water partition coefficient (Wildman–Crippen LogP) is 2.16. The standard InChI is InChI=1S/C13H20N4O3S2/c1-13(2,3)20-12(19)15-6-4-5-14-10(21)17-11-16-7-9(8-18)22-11/h7-8H,4-6H2,1-3H3,(H,15,19)(H2,14,16,17,21). The molecule has 122 valence electrons. The zero-order chi connectivity index (χ0) is 16.6. The minimum atomic E-state index is -0.498. The quantitative estimate of drug-likeness (QED) is 0.414. The van der Waals surface area contributed by atoms with Gasteiger partial charge in [-0.3, -0.25) is 4.79 Å². The highest BCUT2D eigenvalue weighted by molar-refractivity contribution is 7.80. The molecule has 0 spiro atoms. The second-order valence-electron chi connectivity index (χ2n) is 5.35. The van der Waals surface area contributed by atoms with Gasteiger partial charge in [-0.25, -0.2) is 9.78 Å². The Bertz CT molecular complexity index is 526. The maximum atomic E-state index is 11.4. The fraction of sp³-hybridized carbons (Fsp3) is 0.538. The monoisotopic (exact) mass is 344 g/mol. The van der Waals surface area contributed by atoms with Gasteiger partial charge in [0, 0.05) is 13.1 Å². The number of rotatable bonds is 6. The van der Waals surface area contributed by atoms with Crippen LogP contribution in [0, 0.1) is 0 Å². The van der Waals surface area contributed by atoms with E-state index >= 15 is 0 Å². The van der Waals surface area contributed by atoms with Crippen LogP contribution < -0.4 is 16.0 Å². The van der Waals surface area contributed by atoms with Gasteiger partial charge in [0.05, 0.1) is 11.1 Å². The summed E-state index contributed by atoms with van der Waals surface area (Å²) in [4.78, 5) is 26.5. The van der Waals surface area contributed by atoms with Crippen LogP contribution in [0.4, 0.5) is 9.93 Å². The van der Waals surface area contributed by atoms with E-state index in [0.717, 1.165) is 6.29 Å². The number of aromatic nitrogens is 1. The van der Waals surface area contributed by atoms with Crippen molar-refractivity contribution in [1.82, 2.24) is 15.6 Å². The summed E-state index contributed by atoms with van der Waals surface area (Å²) in [6.07, 6.45) is 2.48. The average Bonchev–Trinajstić information content (AvgIpc) is 2.83. The summed E-state index contributed by atoms with van der Waals surface area (Å²) in [5.41, 5.74) is -0.498. The van der Waals surface area contributed by atoms with Crippen molar-refractivity contribution in [3.8, 4) is 0 Å². The lowest BCUT2D eigenvalue weighted by Crippen LogP contribution is -2.35. The molecule has 0 aliphatic rings. The molecule has 0 unspecified atom stereocenters. The van der Waals surface area contributed by atoms with Gasteiger partial charge >= 0.3 is 6.09 Å². The van der Waals surface area contributed by atoms with Crippen LogP contribution in [0.5, 0.6) is 0 Å². The molecule has 1 rings (SSSR count). The lowest BCUT2D eigenvalue weighted by molar-refractivity contribution is 0.0527. The molecule has 0 aliphatic carbocycles. The number of anilines is 1. The maximum absolute atomic E-state index is 11.4. The van der Waals surface area contributed by atoms with E-state index < -0.39 is 11.7 Å². The Morgan fingerprint density at radius 2 is 2.09 bits per heavy atom. The van der Waals surface area contributed by atoms with E-state index in [0.29, 0.717) is 34.6 Å². The number of ether oxygens (including phenoxy) is 1. The van der Waals surface area contributed by atoms with Crippen LogP contribution >= 0.6 is 23.6 Å². The number of carbonyl (C=O) groups excluding carboxylic acids is 2. The fourth-order valence-electron chi connectivity index (χ4n) is 1.34. The highest BCUT2D eigenvalue weighted by atomic mass is 32.1. The van der Waals surface area contributed by atoms with Gasteiger partial charge in [0.1, 0.15) is 5.60 Å². The number of amides is 1. The maximum Gasteiger partial charge on any atom is 0.407 e. The molecular weight excluding hydrogens is 324 g/mol. The number of aldehydes is 1. The van der Waals surface area contributed by atoms with Gasteiger partial charge in [0.25, 0.3) is 0 Å². The molecule has 0 atom stereocenters. The topological polar surface area (TPSA) is 92.3 Å². The first-order valence-corrected chi connectivity index (χ1v) is 7.95. The van der Waals surface area contributed by atoms with Crippen molar-refractivity contribution < 1.29 is 14.3 Å². The number of thiazole rings is 1. The number of carbonyl (C=O) groups is 2. The smallest absolute Gasteiger partial charge is 0.407 e. The summed E-state index contributed by atoms with van der Waals surface area (Å²) in [6.45, 7) is 6.51. The molecule has 9 heteroatoms. The molecule has 22 heavy (non-hydrogen) atoms. The normalized spacial score (nSPS) is 10.7. The number of hydrogen-bond donors (Lipinski definition) is 3. The van der Waals surface area contributed by atoms with Gasteiger partial charge in [-0.2, -0.15) is 0 Å². The molecule has 7 nitrogen and oxygen atoms in total. The SMILES string of the molecule is CC(C)(C)OC(=O)NCCCNC(=S)Nc1ncc(C=O)s1. The van der Waals surface area contributed by atoms with Gasteiger partial charge in [-0.05, 0) is 39.4 Å². The average molecular weight is 344 g/mol. The second-order valence-corrected chi connectivity index (χ2v) is 6.82. The molecule has 0 saturated heterocycles. The Balaban J connectivity index is 2.12. The van der Waals surface area contributed by atoms with Gasteiger partial charge < -0.3 is 20.7 Å². The molecular formula is C13H20N4O3S2. The molecule has 0 bridgehead atoms. The van der Waals surface area contributed by atoms with Gasteiger partial charge in [-0.1, -0.05) is 11.3 Å². The summed E-state index contributed by atoms with van der Waals surface area (Å²) >= 11 is 6.32. The lowest BCUT2D eigenvalue weighted by Gasteiger charge is -2.19. The van der Waals surface area contributed by atoms with E-state index in [1.54, 1.807) is 0 Å². The van der Waals surface area contributed by atoms with Gasteiger partial charge in [0.2, 0.25) is 0 Å². The third-order valence-electron chi connectivity index (χ3n) is 2.17. The summed E-state index contributed by atoms with van der Waals surface area (Å²) in [5, 5.41) is 9.51. The number of thiocarbonyl (C=S) groups is 1. The zero-order valence-corrected chi connectivity index (χ0v) is 14.4. The van der Waals surface area contributed by atoms with Crippen LogP contribution in [-0.2, 0) is 4.74 Å². The Kier molecular flexibility index (Phi) is 7.19. The highest BCUT2D eigenvalue weighted by Crippen LogP contribution is 2.15. The molecule has 0 aliphatic heterocycles. The van der Waals surface area contributed by atoms with E-state index in [1.165, 1.54) is 17.5 Å². The first-order chi connectivity index (χ1) is 10.3. The Labute approximate surface area is 138 Å². The molecule has 1 heterocycles. The number of alkyl carbamates (subject to hydrolysis) is 1. The molecule has 3 N–H and O–H groups in total. The largest absolute Gasteiger partial charge is 0.444 e. The molecule has 0 fully saturated rings. The van der Waals surface area contributed by atoms with E-state index in [1.807, 2.05) is 20.8 Å². The first kappa shape index (κ1) is 18.3. The highest BCUT2D eigenvalue weighted by Gasteiger charge is 2.15. The van der Waals surface area contributed by atoms with Gasteiger partial charge in [0.15, 0.2) is 16.5 Å². The van der Waals surface area contributed by atoms with Crippen molar-refractivity contribution in [1.29, 1.82) is 0 Å². The van der Waals surface area contributed by atoms with Gasteiger partial charge in [-0.15, -0.1) is 0 Å². The number of hydrogen-bond acceptors (Lipinski definition) is 6. The van der Waals surface area contributed by atoms with Crippen molar-refractivity contribution in [2.75, 3.05) is 18.4 Å². The molecule has 0 saturated carbocycles. The van der Waals surface area contributed by atoms with Crippen LogP contribution in [0.3, 0.4) is 0 Å². The minimum Gasteiger partial charge on any atom is -0.444 e. The van der Waals surface area contributed by atoms with Crippen molar-refractivity contribution in [3.05, 3.63) is 11.1 Å². The van der Waals surface area contributed by atoms with Crippen LogP contribution in [0.25, 0.3) is 0 Å². The zero-order valence-electron chi connectivity index (χ0n) is 12.8. The summed E-state index contributed by atoms with van der Waals surface area (Å²) < 4.78 is 5.11. The lowest BCUT2D eigenvalue weighted by atomic mass is 10.2. The predicted molar refractivity (Wildman–Crippen MR) is 90.6 cm³/mol. The van der Waals surface area contributed by atoms with Crippen LogP contribution in [0.15, 0.2) is 6.20 Å². The Morgan fingerprint density at radius 3 is 2.68 bits per heavy atom. The van der Waals surface area contributed by atoms with Crippen molar-refractivity contribution in [2.24, 2.45) is 0 Å². The Hall–Kier alpha value is -1.74. The Morgan fingerprint density at radius 1 is 1.41 bits per heavy atom. The molecule has 0 aromatic carbocycles. The third kappa shape index (κ3) is 7.89. The van der Waals surface area contributed by atoms with Crippen molar-refractivity contribution in [2.45, 2.75) is 32.8 Å². The van der Waals surface area contributed by atoms with Crippen LogP contribution in [0.1, 0.15) is 36.9 Å². The molecule has 0 radical (unpaired) electrons. The molecule has 1 aromatic rings. The van der Waals surface area contributed by atoms with E-state index in [-0.39, 0.29) is 0 Å². The summed E-state index contributed by atoms with van der Waals surface area (Å²) in [5.74, 6) is 0. The minimum absolute atomic E-state index is 0.420. The van der Waals surface area contributed by atoms with Crippen molar-refractivity contribution in [3.63, 3.8) is 0 Å². The van der Waals surface area contributed by atoms with Crippen molar-refractivity contribution >= 4 is 46.2 Å². The van der Waals surface area contributed by atoms with E-state index in [4.69, 9.17) is 17.0 Å². The van der Waals surface area contributed by atoms with E-state index in [9.17, 15) is 9.59 Å².